The van der Waals surface area contributed by atoms with Crippen LogP contribution in [-0.4, -0.2) is 57.7 Å². The van der Waals surface area contributed by atoms with Crippen LogP contribution in [0, 0.1) is 5.92 Å². The normalized spacial score (nSPS) is 17.2. The molecule has 2 aromatic rings. The second kappa shape index (κ2) is 9.34. The summed E-state index contributed by atoms with van der Waals surface area (Å²) in [5.41, 5.74) is 2.34. The molecule has 2 N–H and O–H groups in total. The molecule has 8 heteroatoms. The fourth-order valence-electron chi connectivity index (χ4n) is 3.36. The highest BCUT2D eigenvalue weighted by Gasteiger charge is 2.27. The quantitative estimate of drug-likeness (QED) is 0.579. The molecule has 28 heavy (non-hydrogen) atoms. The third-order valence-electron chi connectivity index (χ3n) is 4.82. The zero-order chi connectivity index (χ0) is 19.9. The molecule has 1 atom stereocenters. The number of hydrogen-bond donors (Lipinski definition) is 2. The van der Waals surface area contributed by atoms with Gasteiger partial charge >= 0.3 is 0 Å². The van der Waals surface area contributed by atoms with Gasteiger partial charge in [-0.1, -0.05) is 38.1 Å². The van der Waals surface area contributed by atoms with E-state index in [2.05, 4.69) is 43.9 Å². The first kappa shape index (κ1) is 19.9. The van der Waals surface area contributed by atoms with Crippen LogP contribution in [0.25, 0.3) is 0 Å². The van der Waals surface area contributed by atoms with Crippen LogP contribution in [0.3, 0.4) is 0 Å². The predicted octanol–water partition coefficient (Wildman–Crippen LogP) is 1.25. The Morgan fingerprint density at radius 3 is 2.89 bits per heavy atom. The molecular weight excluding hydrogens is 354 g/mol. The average Bonchev–Trinajstić information content (AvgIpc) is 3.36. The molecule has 8 nitrogen and oxygen atoms in total. The molecule has 1 aliphatic rings. The van der Waals surface area contributed by atoms with Gasteiger partial charge in [-0.3, -0.25) is 9.79 Å². The number of guanidine groups is 1. The summed E-state index contributed by atoms with van der Waals surface area (Å²) in [7, 11) is 1.77. The van der Waals surface area contributed by atoms with Crippen molar-refractivity contribution in [2.24, 2.45) is 10.9 Å². The Morgan fingerprint density at radius 1 is 1.36 bits per heavy atom. The minimum absolute atomic E-state index is 0.0426. The number of hydrogen-bond acceptors (Lipinski definition) is 4. The largest absolute Gasteiger partial charge is 0.352 e. The summed E-state index contributed by atoms with van der Waals surface area (Å²) in [4.78, 5) is 22.4. The molecule has 0 aliphatic carbocycles. The summed E-state index contributed by atoms with van der Waals surface area (Å²) in [6.07, 6.45) is 4.19. The lowest BCUT2D eigenvalue weighted by Gasteiger charge is -2.20. The van der Waals surface area contributed by atoms with Crippen LogP contribution in [0.4, 0.5) is 0 Å². The molecular formula is C20H29N7O. The van der Waals surface area contributed by atoms with E-state index in [-0.39, 0.29) is 17.9 Å². The van der Waals surface area contributed by atoms with Gasteiger partial charge in [-0.15, -0.1) is 0 Å². The fourth-order valence-corrected chi connectivity index (χ4v) is 3.36. The first-order valence-electron chi connectivity index (χ1n) is 9.71. The number of aliphatic imine (C=N–C) groups is 1. The van der Waals surface area contributed by atoms with Gasteiger partial charge in [-0.2, -0.15) is 5.10 Å². The lowest BCUT2D eigenvalue weighted by molar-refractivity contribution is -0.133. The molecule has 0 spiro atoms. The van der Waals surface area contributed by atoms with E-state index < -0.39 is 0 Å². The fraction of sp³-hybridized carbons (Fsp3) is 0.500. The third kappa shape index (κ3) is 5.31. The molecule has 2 heterocycles. The summed E-state index contributed by atoms with van der Waals surface area (Å²) >= 11 is 0. The van der Waals surface area contributed by atoms with Crippen molar-refractivity contribution in [1.29, 1.82) is 0 Å². The van der Waals surface area contributed by atoms with Crippen molar-refractivity contribution in [3.8, 4) is 0 Å². The molecule has 1 aliphatic heterocycles. The van der Waals surface area contributed by atoms with Gasteiger partial charge in [0.2, 0.25) is 5.91 Å². The zero-order valence-corrected chi connectivity index (χ0v) is 16.8. The van der Waals surface area contributed by atoms with E-state index >= 15 is 0 Å². The summed E-state index contributed by atoms with van der Waals surface area (Å²) in [6.45, 7) is 6.79. The maximum Gasteiger partial charge on any atom is 0.225 e. The Balaban J connectivity index is 1.50. The monoisotopic (exact) mass is 383 g/mol. The smallest absolute Gasteiger partial charge is 0.225 e. The molecule has 1 amide bonds. The van der Waals surface area contributed by atoms with Crippen LogP contribution in [0.1, 0.15) is 31.4 Å². The number of benzene rings is 1. The number of carbonyl (C=O) groups excluding carboxylic acids is 1. The Bertz CT molecular complexity index is 801. The summed E-state index contributed by atoms with van der Waals surface area (Å²) in [5.74, 6) is 1.02. The van der Waals surface area contributed by atoms with Crippen molar-refractivity contribution in [2.45, 2.75) is 39.4 Å². The van der Waals surface area contributed by atoms with Crippen molar-refractivity contribution < 1.29 is 4.79 Å². The molecule has 0 bridgehead atoms. The Morgan fingerprint density at radius 2 is 2.18 bits per heavy atom. The second-order valence-corrected chi connectivity index (χ2v) is 7.41. The summed E-state index contributed by atoms with van der Waals surface area (Å²) in [6, 6.07) is 8.60. The van der Waals surface area contributed by atoms with E-state index in [9.17, 15) is 4.79 Å². The van der Waals surface area contributed by atoms with Crippen LogP contribution in [0.5, 0.6) is 0 Å². The van der Waals surface area contributed by atoms with Gasteiger partial charge in [0.15, 0.2) is 5.96 Å². The number of nitrogens with one attached hydrogen (secondary N) is 2. The van der Waals surface area contributed by atoms with E-state index in [0.29, 0.717) is 13.1 Å². The third-order valence-corrected chi connectivity index (χ3v) is 4.82. The molecule has 1 aromatic heterocycles. The van der Waals surface area contributed by atoms with Gasteiger partial charge in [-0.05, 0) is 17.5 Å². The molecule has 1 fully saturated rings. The highest BCUT2D eigenvalue weighted by molar-refractivity contribution is 5.81. The molecule has 0 saturated carbocycles. The number of likely N-dealkylation sites (tertiary alicyclic amines) is 1. The SMILES string of the molecule is CN=C(NCc1cccc(Cn2cncn2)c1)NC1CCN(C(=O)C(C)C)C1. The summed E-state index contributed by atoms with van der Waals surface area (Å²) in [5, 5.41) is 10.9. The van der Waals surface area contributed by atoms with Crippen LogP contribution in [0.15, 0.2) is 41.9 Å². The van der Waals surface area contributed by atoms with Crippen molar-refractivity contribution in [3.05, 3.63) is 48.0 Å². The number of rotatable bonds is 6. The first-order valence-corrected chi connectivity index (χ1v) is 9.71. The van der Waals surface area contributed by atoms with Crippen molar-refractivity contribution in [1.82, 2.24) is 30.3 Å². The van der Waals surface area contributed by atoms with Crippen LogP contribution in [-0.2, 0) is 17.9 Å². The van der Waals surface area contributed by atoms with Gasteiger partial charge in [0.05, 0.1) is 6.54 Å². The topological polar surface area (TPSA) is 87.4 Å². The highest BCUT2D eigenvalue weighted by atomic mass is 16.2. The predicted molar refractivity (Wildman–Crippen MR) is 109 cm³/mol. The van der Waals surface area contributed by atoms with E-state index in [1.165, 1.54) is 11.1 Å². The number of amides is 1. The molecule has 1 aromatic carbocycles. The van der Waals surface area contributed by atoms with Crippen molar-refractivity contribution in [3.63, 3.8) is 0 Å². The lowest BCUT2D eigenvalue weighted by atomic mass is 10.1. The molecule has 1 unspecified atom stereocenters. The number of aromatic nitrogens is 3. The Hall–Kier alpha value is -2.90. The molecule has 1 saturated heterocycles. The van der Waals surface area contributed by atoms with Gasteiger partial charge in [0, 0.05) is 38.6 Å². The maximum atomic E-state index is 12.1. The van der Waals surface area contributed by atoms with Gasteiger partial charge in [0.25, 0.3) is 0 Å². The Kier molecular flexibility index (Phi) is 6.62. The number of carbonyl (C=O) groups is 1. The van der Waals surface area contributed by atoms with Crippen LogP contribution >= 0.6 is 0 Å². The van der Waals surface area contributed by atoms with Crippen LogP contribution < -0.4 is 10.6 Å². The van der Waals surface area contributed by atoms with Gasteiger partial charge in [0.1, 0.15) is 12.7 Å². The second-order valence-electron chi connectivity index (χ2n) is 7.41. The van der Waals surface area contributed by atoms with E-state index in [1.54, 1.807) is 24.4 Å². The van der Waals surface area contributed by atoms with E-state index in [1.807, 2.05) is 24.8 Å². The number of nitrogens with zero attached hydrogens (tertiary/aromatic N) is 5. The lowest BCUT2D eigenvalue weighted by Crippen LogP contribution is -2.45. The first-order chi connectivity index (χ1) is 13.5. The zero-order valence-electron chi connectivity index (χ0n) is 16.8. The molecule has 150 valence electrons. The van der Waals surface area contributed by atoms with Crippen LogP contribution in [0.2, 0.25) is 0 Å². The minimum Gasteiger partial charge on any atom is -0.352 e. The van der Waals surface area contributed by atoms with Gasteiger partial charge < -0.3 is 15.5 Å². The van der Waals surface area contributed by atoms with Crippen molar-refractivity contribution >= 4 is 11.9 Å². The maximum absolute atomic E-state index is 12.1. The summed E-state index contributed by atoms with van der Waals surface area (Å²) < 4.78 is 1.80. The minimum atomic E-state index is 0.0426. The van der Waals surface area contributed by atoms with Crippen molar-refractivity contribution in [2.75, 3.05) is 20.1 Å². The molecule has 3 rings (SSSR count). The average molecular weight is 384 g/mol. The standard InChI is InChI=1S/C20H29N7O/c1-15(2)19(28)26-8-7-18(12-26)25-20(21-3)23-10-16-5-4-6-17(9-16)11-27-14-22-13-24-27/h4-6,9,13-15,18H,7-8,10-12H2,1-3H3,(H2,21,23,25). The molecule has 0 radical (unpaired) electrons. The van der Waals surface area contributed by atoms with E-state index in [0.717, 1.165) is 25.5 Å². The highest BCUT2D eigenvalue weighted by Crippen LogP contribution is 2.13. The Labute approximate surface area is 166 Å². The van der Waals surface area contributed by atoms with E-state index in [4.69, 9.17) is 0 Å². The van der Waals surface area contributed by atoms with Gasteiger partial charge in [-0.25, -0.2) is 9.67 Å².